The van der Waals surface area contributed by atoms with Gasteiger partial charge in [0.2, 0.25) is 5.89 Å². The molecule has 3 rings (SSSR count). The summed E-state index contributed by atoms with van der Waals surface area (Å²) < 4.78 is 10.2. The lowest BCUT2D eigenvalue weighted by Gasteiger charge is -2.23. The van der Waals surface area contributed by atoms with Crippen molar-refractivity contribution < 1.29 is 14.4 Å². The fourth-order valence-corrected chi connectivity index (χ4v) is 2.72. The van der Waals surface area contributed by atoms with E-state index in [9.17, 15) is 5.11 Å². The molecule has 1 atom stereocenters. The minimum Gasteiger partial charge on any atom is -0.390 e. The molecule has 0 amide bonds. The van der Waals surface area contributed by atoms with E-state index in [0.29, 0.717) is 38.0 Å². The van der Waals surface area contributed by atoms with Crippen LogP contribution < -0.4 is 4.90 Å². The highest BCUT2D eigenvalue weighted by Crippen LogP contribution is 2.16. The molecule has 1 aliphatic heterocycles. The van der Waals surface area contributed by atoms with Crippen LogP contribution in [0.2, 0.25) is 0 Å². The first kappa shape index (κ1) is 15.9. The van der Waals surface area contributed by atoms with Crippen molar-refractivity contribution in [1.82, 2.24) is 20.0 Å². The topological polar surface area (TPSA) is 87.8 Å². The summed E-state index contributed by atoms with van der Waals surface area (Å²) in [6.45, 7) is 3.66. The number of anilines is 1. The van der Waals surface area contributed by atoms with Crippen LogP contribution in [0.5, 0.6) is 0 Å². The zero-order valence-electron chi connectivity index (χ0n) is 13.1. The summed E-state index contributed by atoms with van der Waals surface area (Å²) in [7, 11) is 1.59. The van der Waals surface area contributed by atoms with Crippen molar-refractivity contribution in [3.8, 4) is 0 Å². The van der Waals surface area contributed by atoms with Crippen LogP contribution in [-0.4, -0.2) is 64.5 Å². The van der Waals surface area contributed by atoms with Crippen molar-refractivity contribution in [2.45, 2.75) is 19.3 Å². The zero-order valence-corrected chi connectivity index (χ0v) is 13.1. The molecule has 2 aromatic rings. The number of hydrogen-bond donors (Lipinski definition) is 1. The highest BCUT2D eigenvalue weighted by atomic mass is 16.5. The van der Waals surface area contributed by atoms with Crippen LogP contribution >= 0.6 is 0 Å². The first-order valence-electron chi connectivity index (χ1n) is 7.60. The van der Waals surface area contributed by atoms with Crippen molar-refractivity contribution >= 4 is 5.69 Å². The van der Waals surface area contributed by atoms with Gasteiger partial charge in [-0.15, -0.1) is 0 Å². The van der Waals surface area contributed by atoms with E-state index in [1.54, 1.807) is 19.5 Å². The highest BCUT2D eigenvalue weighted by molar-refractivity contribution is 5.44. The molecule has 0 radical (unpaired) electrons. The van der Waals surface area contributed by atoms with Gasteiger partial charge in [0.25, 0.3) is 0 Å². The van der Waals surface area contributed by atoms with Gasteiger partial charge in [0.15, 0.2) is 5.82 Å². The minimum absolute atomic E-state index is 0.335. The van der Waals surface area contributed by atoms with Gasteiger partial charge in [-0.05, 0) is 12.1 Å². The van der Waals surface area contributed by atoms with E-state index < -0.39 is 6.10 Å². The molecule has 1 aliphatic rings. The first-order chi connectivity index (χ1) is 11.2. The number of pyridine rings is 1. The molecule has 8 nitrogen and oxygen atoms in total. The summed E-state index contributed by atoms with van der Waals surface area (Å²) >= 11 is 0. The SMILES string of the molecule is COCc1noc(CN2CCN(c3ccncc3)CC(O)C2)n1. The van der Waals surface area contributed by atoms with E-state index in [-0.39, 0.29) is 0 Å². The normalized spacial score (nSPS) is 19.7. The molecule has 0 spiro atoms. The quantitative estimate of drug-likeness (QED) is 0.841. The third-order valence-corrected chi connectivity index (χ3v) is 3.76. The van der Waals surface area contributed by atoms with Crippen LogP contribution in [0.4, 0.5) is 5.69 Å². The molecule has 124 valence electrons. The Balaban J connectivity index is 1.61. The maximum atomic E-state index is 10.3. The number of ether oxygens (including phenoxy) is 1. The van der Waals surface area contributed by atoms with Crippen LogP contribution in [-0.2, 0) is 17.9 Å². The molecule has 1 unspecified atom stereocenters. The van der Waals surface area contributed by atoms with Crippen molar-refractivity contribution in [2.24, 2.45) is 0 Å². The Morgan fingerprint density at radius 2 is 2.13 bits per heavy atom. The van der Waals surface area contributed by atoms with Crippen LogP contribution in [0.25, 0.3) is 0 Å². The predicted octanol–water partition coefficient (Wildman–Crippen LogP) is 0.294. The van der Waals surface area contributed by atoms with Gasteiger partial charge in [-0.25, -0.2) is 0 Å². The van der Waals surface area contributed by atoms with Crippen molar-refractivity contribution in [3.63, 3.8) is 0 Å². The van der Waals surface area contributed by atoms with Crippen molar-refractivity contribution in [2.75, 3.05) is 38.2 Å². The Labute approximate surface area is 134 Å². The van der Waals surface area contributed by atoms with E-state index in [2.05, 4.69) is 24.9 Å². The van der Waals surface area contributed by atoms with Gasteiger partial charge in [-0.3, -0.25) is 9.88 Å². The molecule has 0 saturated carbocycles. The van der Waals surface area contributed by atoms with Gasteiger partial charge < -0.3 is 19.3 Å². The number of hydrogen-bond acceptors (Lipinski definition) is 8. The Bertz CT molecular complexity index is 606. The van der Waals surface area contributed by atoms with Gasteiger partial charge >= 0.3 is 0 Å². The number of aliphatic hydroxyl groups is 1. The monoisotopic (exact) mass is 319 g/mol. The van der Waals surface area contributed by atoms with Crippen molar-refractivity contribution in [1.29, 1.82) is 0 Å². The van der Waals surface area contributed by atoms with Gasteiger partial charge in [0.1, 0.15) is 6.61 Å². The third kappa shape index (κ3) is 4.25. The van der Waals surface area contributed by atoms with Gasteiger partial charge in [0, 0.05) is 51.4 Å². The Hall–Kier alpha value is -2.03. The lowest BCUT2D eigenvalue weighted by Crippen LogP contribution is -2.33. The maximum Gasteiger partial charge on any atom is 0.240 e. The molecule has 0 bridgehead atoms. The van der Waals surface area contributed by atoms with Gasteiger partial charge in [-0.1, -0.05) is 5.16 Å². The van der Waals surface area contributed by atoms with E-state index in [0.717, 1.165) is 18.8 Å². The smallest absolute Gasteiger partial charge is 0.240 e. The largest absolute Gasteiger partial charge is 0.390 e. The van der Waals surface area contributed by atoms with Gasteiger partial charge in [-0.2, -0.15) is 4.98 Å². The predicted molar refractivity (Wildman–Crippen MR) is 82.7 cm³/mol. The molecule has 3 heterocycles. The number of methoxy groups -OCH3 is 1. The van der Waals surface area contributed by atoms with Crippen LogP contribution in [0.3, 0.4) is 0 Å². The highest BCUT2D eigenvalue weighted by Gasteiger charge is 2.23. The summed E-state index contributed by atoms with van der Waals surface area (Å²) in [5.74, 6) is 1.08. The van der Waals surface area contributed by atoms with Crippen molar-refractivity contribution in [3.05, 3.63) is 36.2 Å². The summed E-state index contributed by atoms with van der Waals surface area (Å²) in [6.07, 6.45) is 3.09. The summed E-state index contributed by atoms with van der Waals surface area (Å²) in [5, 5.41) is 14.1. The number of aliphatic hydroxyl groups excluding tert-OH is 1. The summed E-state index contributed by atoms with van der Waals surface area (Å²) in [5.41, 5.74) is 1.07. The first-order valence-corrected chi connectivity index (χ1v) is 7.60. The average Bonchev–Trinajstić information content (AvgIpc) is 2.90. The molecular weight excluding hydrogens is 298 g/mol. The molecule has 2 aromatic heterocycles. The lowest BCUT2D eigenvalue weighted by atomic mass is 10.3. The van der Waals surface area contributed by atoms with E-state index in [1.807, 2.05) is 12.1 Å². The fourth-order valence-electron chi connectivity index (χ4n) is 2.72. The summed E-state index contributed by atoms with van der Waals surface area (Å²) in [4.78, 5) is 12.6. The number of β-amino-alcohol motifs (C(OH)–C–C–N with tert-alkyl or cyclic N) is 1. The Morgan fingerprint density at radius 3 is 2.91 bits per heavy atom. The van der Waals surface area contributed by atoms with Gasteiger partial charge in [0.05, 0.1) is 12.6 Å². The molecule has 1 saturated heterocycles. The molecule has 0 aromatic carbocycles. The molecule has 23 heavy (non-hydrogen) atoms. The average molecular weight is 319 g/mol. The Morgan fingerprint density at radius 1 is 1.30 bits per heavy atom. The van der Waals surface area contributed by atoms with Crippen LogP contribution in [0.15, 0.2) is 29.0 Å². The summed E-state index contributed by atoms with van der Waals surface area (Å²) in [6, 6.07) is 3.91. The molecule has 1 N–H and O–H groups in total. The molecule has 1 fully saturated rings. The molecular formula is C15H21N5O3. The second-order valence-corrected chi connectivity index (χ2v) is 5.58. The standard InChI is InChI=1S/C15H21N5O3/c1-22-11-14-17-15(23-18-14)10-19-6-7-20(9-13(21)8-19)12-2-4-16-5-3-12/h2-5,13,21H,6-11H2,1H3. The second-order valence-electron chi connectivity index (χ2n) is 5.58. The lowest BCUT2D eigenvalue weighted by molar-refractivity contribution is 0.122. The number of aromatic nitrogens is 3. The maximum absolute atomic E-state index is 10.3. The van der Waals surface area contributed by atoms with Crippen LogP contribution in [0, 0.1) is 0 Å². The second kappa shape index (κ2) is 7.49. The number of rotatable bonds is 5. The third-order valence-electron chi connectivity index (χ3n) is 3.76. The van der Waals surface area contributed by atoms with E-state index >= 15 is 0 Å². The fraction of sp³-hybridized carbons (Fsp3) is 0.533. The molecule has 8 heteroatoms. The molecule has 0 aliphatic carbocycles. The number of nitrogens with zero attached hydrogens (tertiary/aromatic N) is 5. The minimum atomic E-state index is -0.438. The van der Waals surface area contributed by atoms with E-state index in [4.69, 9.17) is 9.26 Å². The Kier molecular flexibility index (Phi) is 5.16. The van der Waals surface area contributed by atoms with Crippen LogP contribution in [0.1, 0.15) is 11.7 Å². The van der Waals surface area contributed by atoms with E-state index in [1.165, 1.54) is 0 Å². The zero-order chi connectivity index (χ0) is 16.1.